The quantitative estimate of drug-likeness (QED) is 0.577. The van der Waals surface area contributed by atoms with Gasteiger partial charge < -0.3 is 20.9 Å². The number of likely N-dealkylation sites (tertiary alicyclic amines) is 1. The van der Waals surface area contributed by atoms with Gasteiger partial charge in [0.05, 0.1) is 0 Å². The number of carbonyl (C=O) groups excluding carboxylic acids is 1. The predicted molar refractivity (Wildman–Crippen MR) is 99.1 cm³/mol. The third-order valence-corrected chi connectivity index (χ3v) is 4.69. The van der Waals surface area contributed by atoms with Crippen LogP contribution in [0.2, 0.25) is 0 Å². The van der Waals surface area contributed by atoms with E-state index in [1.165, 1.54) is 5.56 Å². The van der Waals surface area contributed by atoms with E-state index in [4.69, 9.17) is 5.73 Å². The second-order valence-corrected chi connectivity index (χ2v) is 6.60. The van der Waals surface area contributed by atoms with Crippen LogP contribution in [-0.2, 0) is 6.42 Å². The molecule has 0 radical (unpaired) electrons. The highest BCUT2D eigenvalue weighted by atomic mass is 16.2. The first kappa shape index (κ1) is 17.9. The van der Waals surface area contributed by atoms with E-state index in [-0.39, 0.29) is 11.4 Å². The highest BCUT2D eigenvalue weighted by molar-refractivity contribution is 5.96. The first-order valence-electron chi connectivity index (χ1n) is 8.69. The molecular weight excluding hydrogens is 334 g/mol. The van der Waals surface area contributed by atoms with Crippen molar-refractivity contribution in [2.75, 3.05) is 31.9 Å². The molecule has 3 rings (SSSR count). The van der Waals surface area contributed by atoms with E-state index in [1.54, 1.807) is 0 Å². The van der Waals surface area contributed by atoms with Crippen LogP contribution in [0.1, 0.15) is 22.5 Å². The Kier molecular flexibility index (Phi) is 5.52. The number of amides is 1. The van der Waals surface area contributed by atoms with E-state index in [2.05, 4.69) is 27.3 Å². The lowest BCUT2D eigenvalue weighted by Gasteiger charge is -2.16. The summed E-state index contributed by atoms with van der Waals surface area (Å²) in [5, 5.41) is 2.76. The van der Waals surface area contributed by atoms with Crippen molar-refractivity contribution in [2.24, 2.45) is 5.92 Å². The lowest BCUT2D eigenvalue weighted by Crippen LogP contribution is -2.36. The fourth-order valence-corrected chi connectivity index (χ4v) is 3.22. The van der Waals surface area contributed by atoms with Gasteiger partial charge in [0.15, 0.2) is 0 Å². The minimum atomic E-state index is -0.758. The summed E-state index contributed by atoms with van der Waals surface area (Å²) in [6.07, 6.45) is 2.00. The molecular formula is C18H23N5O3. The zero-order chi connectivity index (χ0) is 18.5. The van der Waals surface area contributed by atoms with Gasteiger partial charge in [0, 0.05) is 19.6 Å². The number of rotatable bonds is 6. The molecule has 1 atom stereocenters. The van der Waals surface area contributed by atoms with E-state index >= 15 is 0 Å². The molecule has 1 fully saturated rings. The summed E-state index contributed by atoms with van der Waals surface area (Å²) in [5.41, 5.74) is 4.92. The molecule has 1 amide bonds. The van der Waals surface area contributed by atoms with Crippen LogP contribution < -0.4 is 22.3 Å². The molecule has 8 heteroatoms. The van der Waals surface area contributed by atoms with Gasteiger partial charge >= 0.3 is 5.69 Å². The molecule has 0 aliphatic carbocycles. The Balaban J connectivity index is 1.48. The van der Waals surface area contributed by atoms with Crippen molar-refractivity contribution in [3.8, 4) is 0 Å². The van der Waals surface area contributed by atoms with E-state index in [0.29, 0.717) is 12.5 Å². The summed E-state index contributed by atoms with van der Waals surface area (Å²) in [4.78, 5) is 41.6. The summed E-state index contributed by atoms with van der Waals surface area (Å²) < 4.78 is 0. The van der Waals surface area contributed by atoms with Gasteiger partial charge in [-0.1, -0.05) is 30.3 Å². The van der Waals surface area contributed by atoms with E-state index < -0.39 is 17.2 Å². The summed E-state index contributed by atoms with van der Waals surface area (Å²) >= 11 is 0. The number of nitrogens with zero attached hydrogens (tertiary/aromatic N) is 1. The molecule has 138 valence electrons. The number of aromatic nitrogens is 2. The smallest absolute Gasteiger partial charge is 0.326 e. The van der Waals surface area contributed by atoms with Crippen molar-refractivity contribution in [3.05, 3.63) is 62.4 Å². The fourth-order valence-electron chi connectivity index (χ4n) is 3.22. The second kappa shape index (κ2) is 8.01. The van der Waals surface area contributed by atoms with Gasteiger partial charge in [-0.3, -0.25) is 14.6 Å². The minimum Gasteiger partial charge on any atom is -0.392 e. The first-order chi connectivity index (χ1) is 12.5. The Morgan fingerprint density at radius 3 is 2.77 bits per heavy atom. The number of hydrogen-bond acceptors (Lipinski definition) is 5. The number of aromatic amines is 2. The van der Waals surface area contributed by atoms with Gasteiger partial charge in [0.25, 0.3) is 11.5 Å². The highest BCUT2D eigenvalue weighted by Gasteiger charge is 2.23. The van der Waals surface area contributed by atoms with Crippen molar-refractivity contribution in [2.45, 2.75) is 12.8 Å². The molecule has 1 unspecified atom stereocenters. The molecule has 1 aliphatic heterocycles. The van der Waals surface area contributed by atoms with Gasteiger partial charge in [-0.25, -0.2) is 4.79 Å². The molecule has 1 aromatic heterocycles. The predicted octanol–water partition coefficient (Wildman–Crippen LogP) is -0.0602. The lowest BCUT2D eigenvalue weighted by atomic mass is 10.1. The molecule has 0 saturated carbocycles. The van der Waals surface area contributed by atoms with Crippen LogP contribution in [0.15, 0.2) is 39.9 Å². The van der Waals surface area contributed by atoms with Crippen molar-refractivity contribution < 1.29 is 4.79 Å². The van der Waals surface area contributed by atoms with Gasteiger partial charge in [-0.15, -0.1) is 0 Å². The Bertz CT molecular complexity index is 874. The minimum absolute atomic E-state index is 0.183. The fraction of sp³-hybridized carbons (Fsp3) is 0.389. The van der Waals surface area contributed by atoms with Gasteiger partial charge in [0.2, 0.25) is 0 Å². The maximum absolute atomic E-state index is 12.2. The molecule has 0 spiro atoms. The standard InChI is InChI=1S/C18H23N5O3/c19-14-15(21-18(26)22-16(14)24)17(25)20-10-13-7-9-23(11-13)8-6-12-4-2-1-3-5-12/h1-5,13H,6-11,19H2,(H,20,25)(H2,21,22,24,26). The van der Waals surface area contributed by atoms with Crippen LogP contribution in [0.3, 0.4) is 0 Å². The second-order valence-electron chi connectivity index (χ2n) is 6.60. The first-order valence-corrected chi connectivity index (χ1v) is 8.69. The molecule has 2 aromatic rings. The monoisotopic (exact) mass is 357 g/mol. The number of nitrogens with one attached hydrogen (secondary N) is 3. The van der Waals surface area contributed by atoms with Crippen LogP contribution >= 0.6 is 0 Å². The molecule has 1 saturated heterocycles. The zero-order valence-electron chi connectivity index (χ0n) is 14.5. The molecule has 26 heavy (non-hydrogen) atoms. The number of H-pyrrole nitrogens is 2. The van der Waals surface area contributed by atoms with Gasteiger partial charge in [-0.05, 0) is 30.9 Å². The third-order valence-electron chi connectivity index (χ3n) is 4.69. The van der Waals surface area contributed by atoms with E-state index in [9.17, 15) is 14.4 Å². The van der Waals surface area contributed by atoms with E-state index in [1.807, 2.05) is 23.2 Å². The molecule has 1 aliphatic rings. The Morgan fingerprint density at radius 1 is 1.23 bits per heavy atom. The molecule has 0 bridgehead atoms. The maximum Gasteiger partial charge on any atom is 0.326 e. The largest absolute Gasteiger partial charge is 0.392 e. The lowest BCUT2D eigenvalue weighted by molar-refractivity contribution is 0.0942. The van der Waals surface area contributed by atoms with Gasteiger partial charge in [0.1, 0.15) is 11.4 Å². The normalized spacial score (nSPS) is 17.3. The topological polar surface area (TPSA) is 124 Å². The van der Waals surface area contributed by atoms with Crippen molar-refractivity contribution >= 4 is 11.6 Å². The Hall–Kier alpha value is -2.87. The molecule has 5 N–H and O–H groups in total. The van der Waals surface area contributed by atoms with Crippen molar-refractivity contribution in [1.29, 1.82) is 0 Å². The maximum atomic E-state index is 12.2. The van der Waals surface area contributed by atoms with E-state index in [0.717, 1.165) is 32.5 Å². The van der Waals surface area contributed by atoms with Crippen LogP contribution in [-0.4, -0.2) is 47.0 Å². The Morgan fingerprint density at radius 2 is 2.00 bits per heavy atom. The number of nitrogen functional groups attached to an aromatic ring is 1. The van der Waals surface area contributed by atoms with Gasteiger partial charge in [-0.2, -0.15) is 0 Å². The van der Waals surface area contributed by atoms with Crippen LogP contribution in [0.5, 0.6) is 0 Å². The highest BCUT2D eigenvalue weighted by Crippen LogP contribution is 2.16. The number of carbonyl (C=O) groups is 1. The number of anilines is 1. The van der Waals surface area contributed by atoms with Crippen LogP contribution in [0, 0.1) is 5.92 Å². The number of nitrogens with two attached hydrogens (primary N) is 1. The zero-order valence-corrected chi connectivity index (χ0v) is 14.5. The number of hydrogen-bond donors (Lipinski definition) is 4. The van der Waals surface area contributed by atoms with Crippen molar-refractivity contribution in [3.63, 3.8) is 0 Å². The molecule has 1 aromatic carbocycles. The van der Waals surface area contributed by atoms with Crippen molar-refractivity contribution in [1.82, 2.24) is 20.2 Å². The summed E-state index contributed by atoms with van der Waals surface area (Å²) in [5.74, 6) is -0.196. The average molecular weight is 357 g/mol. The molecule has 2 heterocycles. The third kappa shape index (κ3) is 4.40. The van der Waals surface area contributed by atoms with Crippen LogP contribution in [0.4, 0.5) is 5.69 Å². The summed E-state index contributed by atoms with van der Waals surface area (Å²) in [6, 6.07) is 10.4. The average Bonchev–Trinajstić information content (AvgIpc) is 3.10. The Labute approximate surface area is 150 Å². The summed E-state index contributed by atoms with van der Waals surface area (Å²) in [7, 11) is 0. The number of benzene rings is 1. The van der Waals surface area contributed by atoms with Crippen LogP contribution in [0.25, 0.3) is 0 Å². The SMILES string of the molecule is Nc1c(C(=O)NCC2CCN(CCc3ccccc3)C2)[nH]c(=O)[nH]c1=O. The molecule has 8 nitrogen and oxygen atoms in total. The summed E-state index contributed by atoms with van der Waals surface area (Å²) in [6.45, 7) is 3.38.